The number of rotatable bonds is 16. The fraction of sp³-hybridized carbons (Fsp3) is 0.905. The Balaban J connectivity index is 1.92. The zero-order valence-corrected chi connectivity index (χ0v) is 16.6. The van der Waals surface area contributed by atoms with Crippen molar-refractivity contribution in [2.24, 2.45) is 0 Å². The lowest BCUT2D eigenvalue weighted by atomic mass is 9.81. The second kappa shape index (κ2) is 13.4. The molecule has 0 bridgehead atoms. The van der Waals surface area contributed by atoms with E-state index in [0.717, 1.165) is 12.2 Å². The Labute approximate surface area is 150 Å². The minimum absolute atomic E-state index is 0.175. The van der Waals surface area contributed by atoms with Crippen LogP contribution >= 0.6 is 0 Å². The van der Waals surface area contributed by atoms with Crippen molar-refractivity contribution in [1.82, 2.24) is 15.2 Å². The van der Waals surface area contributed by atoms with Crippen LogP contribution in [0, 0.1) is 0 Å². The van der Waals surface area contributed by atoms with Crippen molar-refractivity contribution in [2.45, 2.75) is 122 Å². The standard InChI is InChI=1S/C21H41N3/c1-4-6-7-8-9-10-11-12-13-14-15-16-17-18-21(3,5-2)20-22-19-23-24-20/h19H,4-18H2,1-3H3,(H,22,23,24). The Morgan fingerprint density at radius 3 is 1.71 bits per heavy atom. The molecule has 0 aliphatic rings. The van der Waals surface area contributed by atoms with Gasteiger partial charge in [-0.05, 0) is 12.8 Å². The summed E-state index contributed by atoms with van der Waals surface area (Å²) in [7, 11) is 0. The molecule has 1 rings (SSSR count). The second-order valence-electron chi connectivity index (χ2n) is 7.74. The minimum atomic E-state index is 0.175. The van der Waals surface area contributed by atoms with Crippen molar-refractivity contribution < 1.29 is 0 Å². The second-order valence-corrected chi connectivity index (χ2v) is 7.74. The highest BCUT2D eigenvalue weighted by Gasteiger charge is 2.26. The van der Waals surface area contributed by atoms with Crippen LogP contribution in [-0.2, 0) is 5.41 Å². The van der Waals surface area contributed by atoms with E-state index in [0.29, 0.717) is 0 Å². The van der Waals surface area contributed by atoms with Gasteiger partial charge >= 0.3 is 0 Å². The van der Waals surface area contributed by atoms with Crippen LogP contribution in [-0.4, -0.2) is 15.2 Å². The number of nitrogens with zero attached hydrogens (tertiary/aromatic N) is 2. The molecule has 1 aromatic heterocycles. The van der Waals surface area contributed by atoms with Crippen molar-refractivity contribution in [3.63, 3.8) is 0 Å². The molecule has 0 aliphatic heterocycles. The van der Waals surface area contributed by atoms with E-state index in [1.54, 1.807) is 6.33 Å². The third kappa shape index (κ3) is 8.84. The van der Waals surface area contributed by atoms with Gasteiger partial charge in [0.2, 0.25) is 0 Å². The molecule has 0 aromatic carbocycles. The van der Waals surface area contributed by atoms with Gasteiger partial charge in [-0.25, -0.2) is 4.98 Å². The first-order valence-electron chi connectivity index (χ1n) is 10.6. The molecule has 0 saturated heterocycles. The van der Waals surface area contributed by atoms with Crippen molar-refractivity contribution in [1.29, 1.82) is 0 Å². The van der Waals surface area contributed by atoms with Crippen LogP contribution in [0.1, 0.15) is 123 Å². The van der Waals surface area contributed by atoms with Gasteiger partial charge in [0.1, 0.15) is 12.2 Å². The average molecular weight is 336 g/mol. The fourth-order valence-electron chi connectivity index (χ4n) is 3.49. The Kier molecular flexibility index (Phi) is 11.9. The summed E-state index contributed by atoms with van der Waals surface area (Å²) in [5.74, 6) is 1.06. The molecule has 0 radical (unpaired) electrons. The van der Waals surface area contributed by atoms with Crippen molar-refractivity contribution in [2.75, 3.05) is 0 Å². The summed E-state index contributed by atoms with van der Waals surface area (Å²) in [4.78, 5) is 4.37. The first kappa shape index (κ1) is 21.2. The van der Waals surface area contributed by atoms with E-state index in [1.807, 2.05) is 0 Å². The Bertz CT molecular complexity index is 374. The summed E-state index contributed by atoms with van der Waals surface area (Å²) in [6.45, 7) is 6.86. The molecule has 3 heteroatoms. The summed E-state index contributed by atoms with van der Waals surface area (Å²) in [6, 6.07) is 0. The number of unbranched alkanes of at least 4 members (excludes halogenated alkanes) is 12. The van der Waals surface area contributed by atoms with Crippen molar-refractivity contribution in [3.05, 3.63) is 12.2 Å². The van der Waals surface area contributed by atoms with E-state index in [4.69, 9.17) is 0 Å². The molecule has 0 amide bonds. The first-order valence-corrected chi connectivity index (χ1v) is 10.6. The maximum Gasteiger partial charge on any atom is 0.137 e. The summed E-state index contributed by atoms with van der Waals surface area (Å²) in [6.07, 6.45) is 22.4. The Morgan fingerprint density at radius 2 is 1.29 bits per heavy atom. The van der Waals surface area contributed by atoms with Gasteiger partial charge in [-0.2, -0.15) is 5.10 Å². The van der Waals surface area contributed by atoms with E-state index in [9.17, 15) is 0 Å². The highest BCUT2D eigenvalue weighted by Crippen LogP contribution is 2.30. The molecule has 1 unspecified atom stereocenters. The first-order chi connectivity index (χ1) is 11.7. The molecular formula is C21H41N3. The topological polar surface area (TPSA) is 41.6 Å². The molecule has 3 nitrogen and oxygen atoms in total. The van der Waals surface area contributed by atoms with Crippen LogP contribution in [0.5, 0.6) is 0 Å². The lowest BCUT2D eigenvalue weighted by molar-refractivity contribution is 0.374. The van der Waals surface area contributed by atoms with Gasteiger partial charge in [0.15, 0.2) is 0 Å². The molecule has 140 valence electrons. The van der Waals surface area contributed by atoms with Crippen molar-refractivity contribution >= 4 is 0 Å². The smallest absolute Gasteiger partial charge is 0.137 e. The number of hydrogen-bond donors (Lipinski definition) is 1. The fourth-order valence-corrected chi connectivity index (χ4v) is 3.49. The Hall–Kier alpha value is -0.860. The van der Waals surface area contributed by atoms with Crippen LogP contribution in [0.4, 0.5) is 0 Å². The zero-order valence-electron chi connectivity index (χ0n) is 16.6. The molecule has 0 aliphatic carbocycles. The van der Waals surface area contributed by atoms with Gasteiger partial charge in [0.05, 0.1) is 0 Å². The minimum Gasteiger partial charge on any atom is -0.263 e. The predicted molar refractivity (Wildman–Crippen MR) is 104 cm³/mol. The quantitative estimate of drug-likeness (QED) is 0.332. The van der Waals surface area contributed by atoms with Gasteiger partial charge in [-0.3, -0.25) is 5.10 Å². The molecule has 1 aromatic rings. The highest BCUT2D eigenvalue weighted by atomic mass is 15.2. The maximum atomic E-state index is 4.37. The molecule has 0 fully saturated rings. The van der Waals surface area contributed by atoms with Crippen molar-refractivity contribution in [3.8, 4) is 0 Å². The molecular weight excluding hydrogens is 294 g/mol. The number of H-pyrrole nitrogens is 1. The normalized spacial score (nSPS) is 14.0. The summed E-state index contributed by atoms with van der Waals surface area (Å²) in [5.41, 5.74) is 0.175. The Morgan fingerprint density at radius 1 is 0.792 bits per heavy atom. The van der Waals surface area contributed by atoms with Crippen LogP contribution < -0.4 is 0 Å². The molecule has 0 spiro atoms. The van der Waals surface area contributed by atoms with E-state index < -0.39 is 0 Å². The number of aromatic nitrogens is 3. The maximum absolute atomic E-state index is 4.37. The molecule has 1 atom stereocenters. The van der Waals surface area contributed by atoms with Crippen LogP contribution in [0.2, 0.25) is 0 Å². The summed E-state index contributed by atoms with van der Waals surface area (Å²) in [5, 5.41) is 7.08. The highest BCUT2D eigenvalue weighted by molar-refractivity contribution is 5.02. The average Bonchev–Trinajstić information content (AvgIpc) is 3.14. The number of hydrogen-bond acceptors (Lipinski definition) is 2. The third-order valence-corrected chi connectivity index (χ3v) is 5.60. The van der Waals surface area contributed by atoms with E-state index in [1.165, 1.54) is 89.9 Å². The van der Waals surface area contributed by atoms with Gasteiger partial charge in [-0.15, -0.1) is 0 Å². The monoisotopic (exact) mass is 335 g/mol. The summed E-state index contributed by atoms with van der Waals surface area (Å²) >= 11 is 0. The number of aromatic amines is 1. The van der Waals surface area contributed by atoms with Gasteiger partial charge in [-0.1, -0.05) is 104 Å². The van der Waals surface area contributed by atoms with Crippen LogP contribution in [0.3, 0.4) is 0 Å². The van der Waals surface area contributed by atoms with E-state index in [2.05, 4.69) is 36.0 Å². The van der Waals surface area contributed by atoms with Crippen LogP contribution in [0.25, 0.3) is 0 Å². The lowest BCUT2D eigenvalue weighted by Gasteiger charge is -2.25. The van der Waals surface area contributed by atoms with E-state index in [-0.39, 0.29) is 5.41 Å². The molecule has 0 saturated carbocycles. The largest absolute Gasteiger partial charge is 0.263 e. The summed E-state index contributed by atoms with van der Waals surface area (Å²) < 4.78 is 0. The SMILES string of the molecule is CCCCCCCCCCCCCCCC(C)(CC)c1ncn[nH]1. The molecule has 1 N–H and O–H groups in total. The third-order valence-electron chi connectivity index (χ3n) is 5.60. The predicted octanol–water partition coefficient (Wildman–Crippen LogP) is 6.95. The zero-order chi connectivity index (χ0) is 17.5. The molecule has 1 heterocycles. The molecule has 24 heavy (non-hydrogen) atoms. The van der Waals surface area contributed by atoms with Gasteiger partial charge in [0, 0.05) is 5.41 Å². The lowest BCUT2D eigenvalue weighted by Crippen LogP contribution is -2.22. The van der Waals surface area contributed by atoms with Gasteiger partial charge < -0.3 is 0 Å². The van der Waals surface area contributed by atoms with E-state index >= 15 is 0 Å². The number of nitrogens with one attached hydrogen (secondary N) is 1. The van der Waals surface area contributed by atoms with Crippen LogP contribution in [0.15, 0.2) is 6.33 Å². The van der Waals surface area contributed by atoms with Gasteiger partial charge in [0.25, 0.3) is 0 Å².